The lowest BCUT2D eigenvalue weighted by molar-refractivity contribution is -0.253. The third kappa shape index (κ3) is 7.35. The number of likely N-dealkylation sites (tertiary alicyclic amines) is 1. The van der Waals surface area contributed by atoms with Gasteiger partial charge in [-0.2, -0.15) is 0 Å². The summed E-state index contributed by atoms with van der Waals surface area (Å²) < 4.78 is 12.8. The van der Waals surface area contributed by atoms with Crippen LogP contribution in [0.5, 0.6) is 0 Å². The summed E-state index contributed by atoms with van der Waals surface area (Å²) in [4.78, 5) is 25.3. The Morgan fingerprint density at radius 2 is 1.74 bits per heavy atom. The number of carbonyl (C=O) groups excluding carboxylic acids is 1. The molecule has 0 unspecified atom stereocenters. The molecule has 2 fully saturated rings. The Labute approximate surface area is 205 Å². The second-order valence-corrected chi connectivity index (χ2v) is 9.28. The molecule has 2 aliphatic heterocycles. The van der Waals surface area contributed by atoms with Crippen LogP contribution in [0.2, 0.25) is 0 Å². The van der Waals surface area contributed by atoms with Crippen molar-refractivity contribution in [3.8, 4) is 0 Å². The van der Waals surface area contributed by atoms with Gasteiger partial charge < -0.3 is 29.9 Å². The van der Waals surface area contributed by atoms with E-state index < -0.39 is 12.3 Å². The highest BCUT2D eigenvalue weighted by Gasteiger charge is 2.33. The Hall–Kier alpha value is -2.78. The Bertz CT molecular complexity index is 989. The fraction of sp³-hybridized carbons (Fsp3) is 0.481. The van der Waals surface area contributed by atoms with E-state index in [0.717, 1.165) is 42.7 Å². The summed E-state index contributed by atoms with van der Waals surface area (Å²) in [5.41, 5.74) is 3.26. The van der Waals surface area contributed by atoms with Gasteiger partial charge >= 0.3 is 5.97 Å². The number of rotatable bonds is 9. The minimum atomic E-state index is -1.00. The van der Waals surface area contributed by atoms with Crippen LogP contribution in [0.15, 0.2) is 48.5 Å². The average molecular weight is 483 g/mol. The second-order valence-electron chi connectivity index (χ2n) is 9.28. The predicted octanol–water partition coefficient (Wildman–Crippen LogP) is 4.01. The molecule has 3 N–H and O–H groups in total. The summed E-state index contributed by atoms with van der Waals surface area (Å²) in [5, 5.41) is 21.0. The molecule has 2 aromatic carbocycles. The monoisotopic (exact) mass is 482 g/mol. The minimum absolute atomic E-state index is 0.000101. The lowest BCUT2D eigenvalue weighted by Gasteiger charge is -2.39. The van der Waals surface area contributed by atoms with E-state index in [1.807, 2.05) is 42.5 Å². The molecule has 1 amide bonds. The van der Waals surface area contributed by atoms with Gasteiger partial charge in [-0.25, -0.2) is 0 Å². The minimum Gasteiger partial charge on any atom is -0.481 e. The number of ether oxygens (including phenoxy) is 2. The molecule has 3 atom stereocenters. The molecule has 8 heteroatoms. The van der Waals surface area contributed by atoms with Gasteiger partial charge in [0, 0.05) is 30.6 Å². The zero-order chi connectivity index (χ0) is 24.6. The molecular weight excluding hydrogens is 448 g/mol. The number of nitrogens with one attached hydrogen (secondary N) is 1. The maximum Gasteiger partial charge on any atom is 0.303 e. The number of hydrogen-bond donors (Lipinski definition) is 3. The number of nitrogens with zero attached hydrogens (tertiary/aromatic N) is 1. The number of aliphatic hydroxyl groups is 1. The summed E-state index contributed by atoms with van der Waals surface area (Å²) in [7, 11) is 0. The number of carboxylic acid groups (broad SMARTS) is 1. The van der Waals surface area contributed by atoms with E-state index in [2.05, 4.69) is 10.2 Å². The van der Waals surface area contributed by atoms with Crippen molar-refractivity contribution in [2.45, 2.75) is 63.6 Å². The van der Waals surface area contributed by atoms with Crippen molar-refractivity contribution < 1.29 is 29.3 Å². The van der Waals surface area contributed by atoms with Crippen LogP contribution in [0.25, 0.3) is 0 Å². The number of hydrogen-bond acceptors (Lipinski definition) is 6. The number of anilines is 1. The maximum absolute atomic E-state index is 12.1. The van der Waals surface area contributed by atoms with Gasteiger partial charge in [0.25, 0.3) is 0 Å². The number of carbonyl (C=O) groups is 2. The Morgan fingerprint density at radius 1 is 0.971 bits per heavy atom. The highest BCUT2D eigenvalue weighted by molar-refractivity contribution is 5.92. The fourth-order valence-electron chi connectivity index (χ4n) is 4.67. The SMILES string of the molecule is O=C(O)CCC(=O)Nc1cccc([C@@H]2O[C@H](CN3CCCCC3)C[C@H](c3ccc(CO)cc3)O2)c1. The Kier molecular flexibility index (Phi) is 8.87. The summed E-state index contributed by atoms with van der Waals surface area (Å²) >= 11 is 0. The van der Waals surface area contributed by atoms with Crippen LogP contribution in [-0.4, -0.2) is 52.7 Å². The molecule has 2 aliphatic rings. The van der Waals surface area contributed by atoms with Gasteiger partial charge in [0.2, 0.25) is 5.91 Å². The summed E-state index contributed by atoms with van der Waals surface area (Å²) in [5.74, 6) is -1.35. The first kappa shape index (κ1) is 25.3. The number of amides is 1. The average Bonchev–Trinajstić information content (AvgIpc) is 2.88. The molecule has 0 aliphatic carbocycles. The number of carboxylic acids is 1. The van der Waals surface area contributed by atoms with Crippen LogP contribution in [0.3, 0.4) is 0 Å². The highest BCUT2D eigenvalue weighted by atomic mass is 16.7. The molecule has 8 nitrogen and oxygen atoms in total. The summed E-state index contributed by atoms with van der Waals surface area (Å²) in [6.45, 7) is 3.01. The molecule has 2 heterocycles. The largest absolute Gasteiger partial charge is 0.481 e. The Morgan fingerprint density at radius 3 is 2.46 bits per heavy atom. The zero-order valence-corrected chi connectivity index (χ0v) is 19.9. The van der Waals surface area contributed by atoms with Crippen molar-refractivity contribution in [1.29, 1.82) is 0 Å². The van der Waals surface area contributed by atoms with E-state index in [9.17, 15) is 14.7 Å². The van der Waals surface area contributed by atoms with Crippen molar-refractivity contribution in [1.82, 2.24) is 4.90 Å². The lowest BCUT2D eigenvalue weighted by atomic mass is 9.99. The first-order valence-corrected chi connectivity index (χ1v) is 12.3. The van der Waals surface area contributed by atoms with Gasteiger partial charge in [0.05, 0.1) is 25.2 Å². The smallest absolute Gasteiger partial charge is 0.303 e. The van der Waals surface area contributed by atoms with Crippen molar-refractivity contribution in [3.05, 3.63) is 65.2 Å². The van der Waals surface area contributed by atoms with Crippen LogP contribution in [0, 0.1) is 0 Å². The topological polar surface area (TPSA) is 108 Å². The molecule has 0 bridgehead atoms. The first-order chi connectivity index (χ1) is 17.0. The van der Waals surface area contributed by atoms with E-state index in [-0.39, 0.29) is 37.6 Å². The first-order valence-electron chi connectivity index (χ1n) is 12.3. The molecule has 0 radical (unpaired) electrons. The quantitative estimate of drug-likeness (QED) is 0.495. The van der Waals surface area contributed by atoms with E-state index in [4.69, 9.17) is 14.6 Å². The number of piperidine rings is 1. The van der Waals surface area contributed by atoms with E-state index >= 15 is 0 Å². The van der Waals surface area contributed by atoms with Crippen molar-refractivity contribution in [2.24, 2.45) is 0 Å². The zero-order valence-electron chi connectivity index (χ0n) is 19.9. The molecule has 2 saturated heterocycles. The van der Waals surface area contributed by atoms with Gasteiger partial charge in [-0.15, -0.1) is 0 Å². The third-order valence-electron chi connectivity index (χ3n) is 6.53. The van der Waals surface area contributed by atoms with Gasteiger partial charge in [0.15, 0.2) is 6.29 Å². The lowest BCUT2D eigenvalue weighted by Crippen LogP contribution is -2.41. The molecule has 4 rings (SSSR count). The van der Waals surface area contributed by atoms with Crippen molar-refractivity contribution in [2.75, 3.05) is 25.0 Å². The second kappa shape index (κ2) is 12.3. The standard InChI is InChI=1S/C27H34N2O6/c30-18-19-7-9-20(10-8-19)24-16-23(17-29-13-2-1-3-14-29)34-27(35-24)21-5-4-6-22(15-21)28-25(31)11-12-26(32)33/h4-10,15,23-24,27,30H,1-3,11-14,16-18H2,(H,28,31)(H,32,33)/t23-,24+,27+/m0/s1. The van der Waals surface area contributed by atoms with Crippen LogP contribution < -0.4 is 5.32 Å². The molecule has 188 valence electrons. The molecule has 35 heavy (non-hydrogen) atoms. The van der Waals surface area contributed by atoms with E-state index in [0.29, 0.717) is 5.69 Å². The number of aliphatic carboxylic acids is 1. The predicted molar refractivity (Wildman–Crippen MR) is 131 cm³/mol. The number of aliphatic hydroxyl groups excluding tert-OH is 1. The molecule has 0 saturated carbocycles. The fourth-order valence-corrected chi connectivity index (χ4v) is 4.67. The van der Waals surface area contributed by atoms with Crippen LogP contribution in [-0.2, 0) is 25.7 Å². The van der Waals surface area contributed by atoms with Crippen molar-refractivity contribution >= 4 is 17.6 Å². The molecule has 2 aromatic rings. The van der Waals surface area contributed by atoms with Gasteiger partial charge in [0.1, 0.15) is 0 Å². The van der Waals surface area contributed by atoms with E-state index in [1.165, 1.54) is 19.3 Å². The van der Waals surface area contributed by atoms with Crippen LogP contribution >= 0.6 is 0 Å². The molecule has 0 spiro atoms. The van der Waals surface area contributed by atoms with Crippen LogP contribution in [0.4, 0.5) is 5.69 Å². The highest BCUT2D eigenvalue weighted by Crippen LogP contribution is 2.38. The molecule has 0 aromatic heterocycles. The van der Waals surface area contributed by atoms with Crippen molar-refractivity contribution in [3.63, 3.8) is 0 Å². The Balaban J connectivity index is 1.50. The molecular formula is C27H34N2O6. The number of benzene rings is 2. The van der Waals surface area contributed by atoms with Gasteiger partial charge in [-0.1, -0.05) is 42.8 Å². The summed E-state index contributed by atoms with van der Waals surface area (Å²) in [6.07, 6.45) is 3.36. The van der Waals surface area contributed by atoms with Gasteiger partial charge in [-0.05, 0) is 49.2 Å². The van der Waals surface area contributed by atoms with Gasteiger partial charge in [-0.3, -0.25) is 9.59 Å². The maximum atomic E-state index is 12.1. The summed E-state index contributed by atoms with van der Waals surface area (Å²) in [6, 6.07) is 15.1. The van der Waals surface area contributed by atoms with E-state index in [1.54, 1.807) is 6.07 Å². The third-order valence-corrected chi connectivity index (χ3v) is 6.53. The van der Waals surface area contributed by atoms with Crippen LogP contribution in [0.1, 0.15) is 67.6 Å². The normalized spacial score (nSPS) is 23.1.